The maximum atomic E-state index is 12.5. The topological polar surface area (TPSA) is 52.9 Å². The van der Waals surface area contributed by atoms with E-state index in [0.29, 0.717) is 11.6 Å². The molecule has 20 heavy (non-hydrogen) atoms. The fourth-order valence-electron chi connectivity index (χ4n) is 2.52. The van der Waals surface area contributed by atoms with E-state index in [0.717, 1.165) is 28.9 Å². The van der Waals surface area contributed by atoms with Gasteiger partial charge in [-0.15, -0.1) is 0 Å². The van der Waals surface area contributed by atoms with Crippen LogP contribution in [0.3, 0.4) is 0 Å². The smallest absolute Gasteiger partial charge is 0.294 e. The Morgan fingerprint density at radius 1 is 1.25 bits per heavy atom. The Kier molecular flexibility index (Phi) is 3.75. The fourth-order valence-corrected chi connectivity index (χ4v) is 2.52. The summed E-state index contributed by atoms with van der Waals surface area (Å²) in [4.78, 5) is 12.5. The molecule has 1 heterocycles. The number of nitrogen functional groups attached to an aromatic ring is 1. The number of nitrogens with zero attached hydrogens (tertiary/aromatic N) is 2. The molecule has 0 aliphatic rings. The van der Waals surface area contributed by atoms with Gasteiger partial charge < -0.3 is 5.73 Å². The monoisotopic (exact) mass is 273 g/mol. The van der Waals surface area contributed by atoms with Gasteiger partial charge in [0.15, 0.2) is 0 Å². The van der Waals surface area contributed by atoms with E-state index < -0.39 is 0 Å². The van der Waals surface area contributed by atoms with Crippen LogP contribution in [0.15, 0.2) is 23.0 Å². The van der Waals surface area contributed by atoms with Gasteiger partial charge in [0.25, 0.3) is 5.56 Å². The van der Waals surface area contributed by atoms with Crippen LogP contribution in [0, 0.1) is 19.8 Å². The van der Waals surface area contributed by atoms with Crippen molar-refractivity contribution in [2.24, 2.45) is 13.0 Å². The third kappa shape index (κ3) is 2.38. The van der Waals surface area contributed by atoms with Gasteiger partial charge in [-0.05, 0) is 43.4 Å². The molecule has 0 bridgehead atoms. The maximum absolute atomic E-state index is 12.5. The molecule has 1 aromatic carbocycles. The van der Waals surface area contributed by atoms with Gasteiger partial charge in [-0.25, -0.2) is 4.68 Å². The first-order chi connectivity index (χ1) is 9.32. The van der Waals surface area contributed by atoms with E-state index in [9.17, 15) is 4.79 Å². The first-order valence-corrected chi connectivity index (χ1v) is 6.97. The summed E-state index contributed by atoms with van der Waals surface area (Å²) < 4.78 is 3.56. The lowest BCUT2D eigenvalue weighted by molar-refractivity contribution is 0.562. The van der Waals surface area contributed by atoms with Gasteiger partial charge in [0.05, 0.1) is 11.4 Å². The molecule has 0 fully saturated rings. The van der Waals surface area contributed by atoms with Crippen LogP contribution in [0.4, 0.5) is 5.69 Å². The molecule has 0 aliphatic carbocycles. The second-order valence-corrected chi connectivity index (χ2v) is 5.89. The van der Waals surface area contributed by atoms with Crippen LogP contribution in [0.25, 0.3) is 5.69 Å². The van der Waals surface area contributed by atoms with Gasteiger partial charge in [-0.1, -0.05) is 26.0 Å². The first-order valence-electron chi connectivity index (χ1n) is 6.97. The standard InChI is InChI=1S/C16H23N3O/c1-10(2)8-14-15(17)16(20)19(18(14)5)13-9-11(3)6-7-12(13)4/h6-7,9-10H,8,17H2,1-5H3. The highest BCUT2D eigenvalue weighted by Gasteiger charge is 2.18. The van der Waals surface area contributed by atoms with E-state index in [1.165, 1.54) is 0 Å². The van der Waals surface area contributed by atoms with Crippen molar-refractivity contribution in [3.05, 3.63) is 45.4 Å². The van der Waals surface area contributed by atoms with Crippen LogP contribution in [-0.2, 0) is 13.5 Å². The van der Waals surface area contributed by atoms with Crippen LogP contribution in [0.1, 0.15) is 30.7 Å². The molecule has 4 heteroatoms. The van der Waals surface area contributed by atoms with Crippen molar-refractivity contribution in [3.8, 4) is 5.69 Å². The quantitative estimate of drug-likeness (QED) is 0.934. The van der Waals surface area contributed by atoms with Gasteiger partial charge in [0.2, 0.25) is 0 Å². The second-order valence-electron chi connectivity index (χ2n) is 5.89. The van der Waals surface area contributed by atoms with Gasteiger partial charge >= 0.3 is 0 Å². The van der Waals surface area contributed by atoms with E-state index in [4.69, 9.17) is 5.73 Å². The molecule has 0 aliphatic heterocycles. The Labute approximate surface area is 119 Å². The van der Waals surface area contributed by atoms with Crippen LogP contribution in [0.5, 0.6) is 0 Å². The van der Waals surface area contributed by atoms with Gasteiger partial charge in [0.1, 0.15) is 5.69 Å². The lowest BCUT2D eigenvalue weighted by Crippen LogP contribution is -2.21. The van der Waals surface area contributed by atoms with Crippen LogP contribution in [-0.4, -0.2) is 9.36 Å². The second kappa shape index (κ2) is 5.19. The zero-order chi connectivity index (χ0) is 15.0. The summed E-state index contributed by atoms with van der Waals surface area (Å²) in [6.07, 6.45) is 0.801. The summed E-state index contributed by atoms with van der Waals surface area (Å²) in [7, 11) is 1.90. The third-order valence-corrected chi connectivity index (χ3v) is 3.62. The molecular formula is C16H23N3O. The Morgan fingerprint density at radius 3 is 2.50 bits per heavy atom. The van der Waals surface area contributed by atoms with Crippen molar-refractivity contribution in [1.82, 2.24) is 9.36 Å². The molecule has 0 spiro atoms. The minimum Gasteiger partial charge on any atom is -0.393 e. The zero-order valence-electron chi connectivity index (χ0n) is 12.9. The highest BCUT2D eigenvalue weighted by molar-refractivity contribution is 5.49. The van der Waals surface area contributed by atoms with Gasteiger partial charge in [-0.3, -0.25) is 9.48 Å². The van der Waals surface area contributed by atoms with E-state index in [1.54, 1.807) is 4.68 Å². The largest absolute Gasteiger partial charge is 0.393 e. The van der Waals surface area contributed by atoms with E-state index >= 15 is 0 Å². The molecule has 4 nitrogen and oxygen atoms in total. The van der Waals surface area contributed by atoms with Crippen molar-refractivity contribution < 1.29 is 0 Å². The number of hydrogen-bond donors (Lipinski definition) is 1. The maximum Gasteiger partial charge on any atom is 0.294 e. The van der Waals surface area contributed by atoms with Crippen LogP contribution in [0.2, 0.25) is 0 Å². The Balaban J connectivity index is 2.69. The molecule has 0 saturated heterocycles. The summed E-state index contributed by atoms with van der Waals surface area (Å²) in [5.74, 6) is 0.456. The predicted molar refractivity (Wildman–Crippen MR) is 83.4 cm³/mol. The van der Waals surface area contributed by atoms with Crippen molar-refractivity contribution in [1.29, 1.82) is 0 Å². The average Bonchev–Trinajstić information content (AvgIpc) is 2.57. The summed E-state index contributed by atoms with van der Waals surface area (Å²) in [5.41, 5.74) is 10.3. The first kappa shape index (κ1) is 14.4. The number of rotatable bonds is 3. The van der Waals surface area contributed by atoms with Crippen LogP contribution >= 0.6 is 0 Å². The van der Waals surface area contributed by atoms with E-state index in [2.05, 4.69) is 13.8 Å². The molecule has 0 saturated carbocycles. The Hall–Kier alpha value is -1.97. The number of nitrogens with two attached hydrogens (primary N) is 1. The third-order valence-electron chi connectivity index (χ3n) is 3.62. The molecule has 0 atom stereocenters. The lowest BCUT2D eigenvalue weighted by Gasteiger charge is -2.13. The van der Waals surface area contributed by atoms with E-state index in [-0.39, 0.29) is 5.56 Å². The summed E-state index contributed by atoms with van der Waals surface area (Å²) in [6, 6.07) is 6.10. The molecule has 1 aromatic heterocycles. The molecule has 2 rings (SSSR count). The minimum absolute atomic E-state index is 0.128. The number of benzene rings is 1. The highest BCUT2D eigenvalue weighted by atomic mass is 16.1. The van der Waals surface area contributed by atoms with Gasteiger partial charge in [0, 0.05) is 7.05 Å². The molecule has 108 valence electrons. The number of aromatic nitrogens is 2. The number of hydrogen-bond acceptors (Lipinski definition) is 2. The molecular weight excluding hydrogens is 250 g/mol. The molecule has 0 amide bonds. The van der Waals surface area contributed by atoms with E-state index in [1.807, 2.05) is 43.8 Å². The predicted octanol–water partition coefficient (Wildman–Crippen LogP) is 2.57. The number of anilines is 1. The summed E-state index contributed by atoms with van der Waals surface area (Å²) in [6.45, 7) is 8.28. The van der Waals surface area contributed by atoms with Crippen molar-refractivity contribution >= 4 is 5.69 Å². The van der Waals surface area contributed by atoms with Crippen molar-refractivity contribution in [3.63, 3.8) is 0 Å². The summed E-state index contributed by atoms with van der Waals surface area (Å²) >= 11 is 0. The van der Waals surface area contributed by atoms with Crippen LogP contribution < -0.4 is 11.3 Å². The SMILES string of the molecule is Cc1ccc(C)c(-n2c(=O)c(N)c(CC(C)C)n2C)c1. The van der Waals surface area contributed by atoms with Crippen molar-refractivity contribution in [2.75, 3.05) is 5.73 Å². The molecule has 2 aromatic rings. The summed E-state index contributed by atoms with van der Waals surface area (Å²) in [5, 5.41) is 0. The molecule has 2 N–H and O–H groups in total. The molecule has 0 unspecified atom stereocenters. The fraction of sp³-hybridized carbons (Fsp3) is 0.438. The minimum atomic E-state index is -0.128. The average molecular weight is 273 g/mol. The molecule has 0 radical (unpaired) electrons. The normalized spacial score (nSPS) is 11.3. The lowest BCUT2D eigenvalue weighted by atomic mass is 10.1. The van der Waals surface area contributed by atoms with Crippen molar-refractivity contribution in [2.45, 2.75) is 34.1 Å². The zero-order valence-corrected chi connectivity index (χ0v) is 12.9. The highest BCUT2D eigenvalue weighted by Crippen LogP contribution is 2.19. The van der Waals surface area contributed by atoms with Gasteiger partial charge in [-0.2, -0.15) is 0 Å². The Morgan fingerprint density at radius 2 is 1.90 bits per heavy atom. The number of aryl methyl sites for hydroxylation is 2. The Bertz CT molecular complexity index is 692.